The van der Waals surface area contributed by atoms with Crippen LogP contribution in [-0.4, -0.2) is 34.2 Å². The van der Waals surface area contributed by atoms with Gasteiger partial charge in [-0.1, -0.05) is 155 Å². The molecule has 0 unspecified atom stereocenters. The van der Waals surface area contributed by atoms with Gasteiger partial charge in [0, 0.05) is 24.9 Å². The molecule has 0 heterocycles. The van der Waals surface area contributed by atoms with E-state index in [1.807, 2.05) is 0 Å². The Morgan fingerprint density at radius 1 is 0.488 bits per heavy atom. The molecule has 0 saturated heterocycles. The van der Waals surface area contributed by atoms with Gasteiger partial charge in [-0.3, -0.25) is 9.59 Å². The van der Waals surface area contributed by atoms with Gasteiger partial charge in [0.2, 0.25) is 0 Å². The van der Waals surface area contributed by atoms with Crippen LogP contribution in [0.3, 0.4) is 0 Å². The minimum absolute atomic E-state index is 0. The van der Waals surface area contributed by atoms with E-state index in [1.54, 1.807) is 0 Å². The fourth-order valence-electron chi connectivity index (χ4n) is 5.07. The van der Waals surface area contributed by atoms with Gasteiger partial charge in [-0.15, -0.1) is 0 Å². The van der Waals surface area contributed by atoms with Gasteiger partial charge in [0.1, 0.15) is 0 Å². The summed E-state index contributed by atoms with van der Waals surface area (Å²) in [6, 6.07) is 0.562. The smallest absolute Gasteiger partial charge is 0.481 e. The second kappa shape index (κ2) is 37.6. The van der Waals surface area contributed by atoms with Gasteiger partial charge in [0.05, 0.1) is 0 Å². The zero-order valence-electron chi connectivity index (χ0n) is 27.1. The Morgan fingerprint density at radius 3 is 0.902 bits per heavy atom. The summed E-state index contributed by atoms with van der Waals surface area (Å²) in [5.74, 6) is -1.31. The molecule has 0 aromatic rings. The number of unbranched alkanes of at least 4 members (excludes halogenated alkanes) is 20. The van der Waals surface area contributed by atoms with Crippen molar-refractivity contribution >= 4 is 11.9 Å². The van der Waals surface area contributed by atoms with Crippen molar-refractivity contribution in [2.75, 3.05) is 0 Å². The Hall–Kier alpha value is -0.452. The fourth-order valence-corrected chi connectivity index (χ4v) is 5.07. The molecule has 6 nitrogen and oxygen atoms in total. The van der Waals surface area contributed by atoms with Gasteiger partial charge in [-0.25, -0.2) is 0 Å². The minimum atomic E-state index is -0.657. The van der Waals surface area contributed by atoms with E-state index in [1.165, 1.54) is 128 Å². The largest absolute Gasteiger partial charge is 2.00 e. The number of hydrogen-bond acceptors (Lipinski definition) is 4. The van der Waals surface area contributed by atoms with Gasteiger partial charge in [-0.2, -0.15) is 0 Å². The van der Waals surface area contributed by atoms with Crippen LogP contribution >= 0.6 is 0 Å². The SMILES string of the molecule is CCCCCCCCCCCCCC(=O)O.CCCCCCCCCCCCCC(=O)O.N[C@@H]1CCCC[C@H]1N.[Pt+2]. The van der Waals surface area contributed by atoms with Crippen molar-refractivity contribution < 1.29 is 40.9 Å². The molecule has 0 spiro atoms. The number of carboxylic acid groups (broad SMARTS) is 2. The number of carbonyl (C=O) groups is 2. The molecule has 248 valence electrons. The summed E-state index contributed by atoms with van der Waals surface area (Å²) in [6.07, 6.45) is 33.5. The first-order valence-corrected chi connectivity index (χ1v) is 17.3. The van der Waals surface area contributed by atoms with Crippen molar-refractivity contribution in [2.24, 2.45) is 11.5 Å². The molecule has 1 aliphatic carbocycles. The summed E-state index contributed by atoms with van der Waals surface area (Å²) in [4.78, 5) is 20.5. The third-order valence-electron chi connectivity index (χ3n) is 7.86. The van der Waals surface area contributed by atoms with Crippen LogP contribution in [0.25, 0.3) is 0 Å². The summed E-state index contributed by atoms with van der Waals surface area (Å²) >= 11 is 0. The molecule has 2 atom stereocenters. The second-order valence-corrected chi connectivity index (χ2v) is 12.0. The van der Waals surface area contributed by atoms with Crippen molar-refractivity contribution in [3.05, 3.63) is 0 Å². The molecule has 1 rings (SSSR count). The second-order valence-electron chi connectivity index (χ2n) is 12.0. The molecule has 0 radical (unpaired) electrons. The fraction of sp³-hybridized carbons (Fsp3) is 0.941. The van der Waals surface area contributed by atoms with Gasteiger partial charge in [-0.05, 0) is 25.7 Å². The van der Waals surface area contributed by atoms with E-state index in [0.717, 1.165) is 38.5 Å². The van der Waals surface area contributed by atoms with Gasteiger partial charge < -0.3 is 21.7 Å². The Kier molecular flexibility index (Phi) is 41.2. The van der Waals surface area contributed by atoms with Crippen molar-refractivity contribution in [3.8, 4) is 0 Å². The van der Waals surface area contributed by atoms with E-state index in [0.29, 0.717) is 12.8 Å². The van der Waals surface area contributed by atoms with E-state index in [2.05, 4.69) is 13.8 Å². The quantitative estimate of drug-likeness (QED) is 0.0725. The molecule has 0 bridgehead atoms. The molecule has 0 amide bonds. The van der Waals surface area contributed by atoms with Crippen molar-refractivity contribution in [1.29, 1.82) is 0 Å². The summed E-state index contributed by atoms with van der Waals surface area (Å²) < 4.78 is 0. The maximum absolute atomic E-state index is 10.3. The standard InChI is InChI=1S/2C14H28O2.C6H14N2.Pt/c2*1-2-3-4-5-6-7-8-9-10-11-12-13-14(15)16;7-5-3-1-2-4-6(5)8;/h2*2-13H2,1H3,(H,15,16);5-6H,1-4,7-8H2;/q;;;+2/t;;5-,6-;/m..1./s1. The Balaban J connectivity index is -0.000000548. The van der Waals surface area contributed by atoms with E-state index < -0.39 is 11.9 Å². The Labute approximate surface area is 269 Å². The molecule has 0 aromatic carbocycles. The van der Waals surface area contributed by atoms with Crippen LogP contribution in [0.2, 0.25) is 0 Å². The van der Waals surface area contributed by atoms with Crippen LogP contribution in [0.5, 0.6) is 0 Å². The summed E-state index contributed by atoms with van der Waals surface area (Å²) in [6.45, 7) is 4.49. The first kappa shape index (κ1) is 45.0. The van der Waals surface area contributed by atoms with Crippen LogP contribution in [0.1, 0.15) is 194 Å². The van der Waals surface area contributed by atoms with Crippen molar-refractivity contribution in [2.45, 2.75) is 206 Å². The zero-order chi connectivity index (χ0) is 30.1. The monoisotopic (exact) mass is 765 g/mol. The molecule has 1 saturated carbocycles. The Bertz CT molecular complexity index is 491. The van der Waals surface area contributed by atoms with Gasteiger partial charge in [0.15, 0.2) is 0 Å². The van der Waals surface area contributed by atoms with Gasteiger partial charge in [0.25, 0.3) is 0 Å². The average Bonchev–Trinajstić information content (AvgIpc) is 2.92. The molecule has 6 N–H and O–H groups in total. The van der Waals surface area contributed by atoms with Crippen LogP contribution in [0.15, 0.2) is 0 Å². The predicted molar refractivity (Wildman–Crippen MR) is 172 cm³/mol. The molecular weight excluding hydrogens is 695 g/mol. The summed E-state index contributed by atoms with van der Waals surface area (Å²) in [5.41, 5.74) is 11.3. The van der Waals surface area contributed by atoms with Crippen LogP contribution in [-0.2, 0) is 30.7 Å². The maximum atomic E-state index is 10.3. The Morgan fingerprint density at radius 2 is 0.707 bits per heavy atom. The number of aliphatic carboxylic acids is 2. The van der Waals surface area contributed by atoms with E-state index in [4.69, 9.17) is 21.7 Å². The summed E-state index contributed by atoms with van der Waals surface area (Å²) in [5, 5.41) is 16.9. The van der Waals surface area contributed by atoms with Crippen molar-refractivity contribution in [3.63, 3.8) is 0 Å². The molecule has 1 fully saturated rings. The summed E-state index contributed by atoms with van der Waals surface area (Å²) in [7, 11) is 0. The topological polar surface area (TPSA) is 127 Å². The number of rotatable bonds is 24. The van der Waals surface area contributed by atoms with Gasteiger partial charge >= 0.3 is 33.0 Å². The molecular formula is C34H70N2O4Pt+2. The van der Waals surface area contributed by atoms with Crippen LogP contribution in [0, 0.1) is 0 Å². The average molecular weight is 766 g/mol. The van der Waals surface area contributed by atoms with E-state index in [-0.39, 0.29) is 33.1 Å². The molecule has 0 aromatic heterocycles. The van der Waals surface area contributed by atoms with Crippen LogP contribution in [0.4, 0.5) is 0 Å². The van der Waals surface area contributed by atoms with Crippen LogP contribution < -0.4 is 11.5 Å². The molecule has 41 heavy (non-hydrogen) atoms. The van der Waals surface area contributed by atoms with Crippen molar-refractivity contribution in [1.82, 2.24) is 0 Å². The van der Waals surface area contributed by atoms with E-state index >= 15 is 0 Å². The maximum Gasteiger partial charge on any atom is 2.00 e. The normalized spacial score (nSPS) is 16.0. The third-order valence-corrected chi connectivity index (χ3v) is 7.86. The molecule has 1 aliphatic rings. The first-order chi connectivity index (χ1) is 19.3. The van der Waals surface area contributed by atoms with E-state index in [9.17, 15) is 9.59 Å². The molecule has 0 aliphatic heterocycles. The number of hydrogen-bond donors (Lipinski definition) is 4. The minimum Gasteiger partial charge on any atom is -0.481 e. The number of nitrogens with two attached hydrogens (primary N) is 2. The predicted octanol–water partition coefficient (Wildman–Crippen LogP) is 9.76. The third kappa shape index (κ3) is 41.7. The number of carboxylic acids is 2. The first-order valence-electron chi connectivity index (χ1n) is 17.3. The molecule has 7 heteroatoms. The zero-order valence-corrected chi connectivity index (χ0v) is 29.4.